The van der Waals surface area contributed by atoms with Crippen molar-refractivity contribution in [3.63, 3.8) is 0 Å². The van der Waals surface area contributed by atoms with E-state index >= 15 is 0 Å². The molecule has 0 spiro atoms. The molecule has 1 aromatic heterocycles. The Kier molecular flexibility index (Phi) is 2.78. The second kappa shape index (κ2) is 3.64. The lowest BCUT2D eigenvalue weighted by Crippen LogP contribution is -2.16. The van der Waals surface area contributed by atoms with Gasteiger partial charge in [0.15, 0.2) is 0 Å². The molecular weight excluding hydrogens is 176 g/mol. The minimum absolute atomic E-state index is 0.0586. The molecule has 1 heterocycles. The van der Waals surface area contributed by atoms with Gasteiger partial charge in [-0.3, -0.25) is 10.1 Å². The first-order chi connectivity index (χ1) is 5.59. The molecule has 1 atom stereocenters. The Morgan fingerprint density at radius 3 is 2.83 bits per heavy atom. The molecule has 5 heteroatoms. The summed E-state index contributed by atoms with van der Waals surface area (Å²) < 4.78 is 0. The molecule has 2 N–H and O–H groups in total. The third-order valence-electron chi connectivity index (χ3n) is 1.35. The molecule has 1 rings (SSSR count). The van der Waals surface area contributed by atoms with Gasteiger partial charge in [0.05, 0.1) is 4.92 Å². The van der Waals surface area contributed by atoms with E-state index in [0.29, 0.717) is 6.42 Å². The third-order valence-corrected chi connectivity index (χ3v) is 2.41. The van der Waals surface area contributed by atoms with E-state index in [0.717, 1.165) is 4.88 Å². The topological polar surface area (TPSA) is 69.2 Å². The fourth-order valence-corrected chi connectivity index (χ4v) is 1.85. The molecule has 0 amide bonds. The van der Waals surface area contributed by atoms with E-state index in [4.69, 9.17) is 5.73 Å². The van der Waals surface area contributed by atoms with Gasteiger partial charge in [-0.1, -0.05) is 11.3 Å². The van der Waals surface area contributed by atoms with Crippen molar-refractivity contribution in [3.05, 3.63) is 27.1 Å². The van der Waals surface area contributed by atoms with Crippen LogP contribution in [0.15, 0.2) is 12.1 Å². The lowest BCUT2D eigenvalue weighted by molar-refractivity contribution is -0.380. The highest BCUT2D eigenvalue weighted by Crippen LogP contribution is 2.24. The summed E-state index contributed by atoms with van der Waals surface area (Å²) in [7, 11) is 0. The Morgan fingerprint density at radius 1 is 1.75 bits per heavy atom. The number of rotatable bonds is 3. The molecule has 0 fully saturated rings. The summed E-state index contributed by atoms with van der Waals surface area (Å²) in [6, 6.07) is 3.33. The molecule has 0 saturated carbocycles. The normalized spacial score (nSPS) is 12.8. The zero-order valence-electron chi connectivity index (χ0n) is 6.69. The molecule has 0 radical (unpaired) electrons. The highest BCUT2D eigenvalue weighted by Gasteiger charge is 2.09. The van der Waals surface area contributed by atoms with Crippen LogP contribution in [0.3, 0.4) is 0 Å². The van der Waals surface area contributed by atoms with Crippen LogP contribution >= 0.6 is 11.3 Å². The van der Waals surface area contributed by atoms with E-state index in [1.54, 1.807) is 6.07 Å². The lowest BCUT2D eigenvalue weighted by atomic mass is 10.2. The zero-order chi connectivity index (χ0) is 9.14. The van der Waals surface area contributed by atoms with E-state index in [1.165, 1.54) is 17.4 Å². The lowest BCUT2D eigenvalue weighted by Gasteiger charge is -1.99. The van der Waals surface area contributed by atoms with Crippen LogP contribution in [-0.4, -0.2) is 11.0 Å². The van der Waals surface area contributed by atoms with Gasteiger partial charge in [-0.2, -0.15) is 0 Å². The molecule has 0 aliphatic heterocycles. The third kappa shape index (κ3) is 2.28. The van der Waals surface area contributed by atoms with Crippen LogP contribution in [0, 0.1) is 10.1 Å². The Labute approximate surface area is 74.2 Å². The Hall–Kier alpha value is -0.940. The van der Waals surface area contributed by atoms with Crippen molar-refractivity contribution in [3.8, 4) is 0 Å². The molecule has 4 nitrogen and oxygen atoms in total. The zero-order valence-corrected chi connectivity index (χ0v) is 7.50. The van der Waals surface area contributed by atoms with Crippen LogP contribution in [-0.2, 0) is 6.42 Å². The van der Waals surface area contributed by atoms with E-state index in [1.807, 2.05) is 6.92 Å². The van der Waals surface area contributed by atoms with Gasteiger partial charge in [0.25, 0.3) is 0 Å². The van der Waals surface area contributed by atoms with Crippen LogP contribution in [0.25, 0.3) is 0 Å². The minimum Gasteiger partial charge on any atom is -0.328 e. The minimum atomic E-state index is -0.380. The quantitative estimate of drug-likeness (QED) is 0.575. The smallest absolute Gasteiger partial charge is 0.324 e. The first kappa shape index (κ1) is 9.15. The molecule has 0 unspecified atom stereocenters. The summed E-state index contributed by atoms with van der Waals surface area (Å²) in [5, 5.41) is 10.5. The van der Waals surface area contributed by atoms with Crippen molar-refractivity contribution in [2.75, 3.05) is 0 Å². The maximum atomic E-state index is 10.3. The first-order valence-corrected chi connectivity index (χ1v) is 4.40. The Balaban J connectivity index is 2.71. The predicted molar refractivity (Wildman–Crippen MR) is 48.3 cm³/mol. The van der Waals surface area contributed by atoms with E-state index in [-0.39, 0.29) is 16.0 Å². The van der Waals surface area contributed by atoms with Gasteiger partial charge < -0.3 is 5.73 Å². The molecule has 0 aliphatic carbocycles. The van der Waals surface area contributed by atoms with Gasteiger partial charge in [-0.15, -0.1) is 0 Å². The van der Waals surface area contributed by atoms with E-state index in [9.17, 15) is 10.1 Å². The van der Waals surface area contributed by atoms with Crippen molar-refractivity contribution in [1.82, 2.24) is 0 Å². The number of nitro groups is 1. The maximum Gasteiger partial charge on any atom is 0.324 e. The predicted octanol–water partition coefficient (Wildman–Crippen LogP) is 1.55. The average Bonchev–Trinajstić information content (AvgIpc) is 2.34. The van der Waals surface area contributed by atoms with Gasteiger partial charge in [-0.05, 0) is 19.4 Å². The number of nitrogens with two attached hydrogens (primary N) is 1. The molecule has 66 valence electrons. The summed E-state index contributed by atoms with van der Waals surface area (Å²) in [4.78, 5) is 10.9. The Bertz CT molecular complexity index is 283. The summed E-state index contributed by atoms with van der Waals surface area (Å²) in [5.41, 5.74) is 5.55. The van der Waals surface area contributed by atoms with Gasteiger partial charge in [0, 0.05) is 17.0 Å². The first-order valence-electron chi connectivity index (χ1n) is 3.58. The van der Waals surface area contributed by atoms with Crippen molar-refractivity contribution >= 4 is 16.3 Å². The van der Waals surface area contributed by atoms with Crippen molar-refractivity contribution in [1.29, 1.82) is 0 Å². The second-order valence-corrected chi connectivity index (χ2v) is 3.83. The summed E-state index contributed by atoms with van der Waals surface area (Å²) in [5.74, 6) is 0. The van der Waals surface area contributed by atoms with Crippen LogP contribution in [0.5, 0.6) is 0 Å². The second-order valence-electron chi connectivity index (χ2n) is 2.68. The molecule has 0 aromatic carbocycles. The van der Waals surface area contributed by atoms with Crippen molar-refractivity contribution < 1.29 is 4.92 Å². The molecule has 12 heavy (non-hydrogen) atoms. The van der Waals surface area contributed by atoms with Gasteiger partial charge in [-0.25, -0.2) is 0 Å². The standard InChI is InChI=1S/C7H10N2O2S/c1-5(8)4-6-2-3-7(12-6)9(10)11/h2-3,5H,4,8H2,1H3/t5-/m1/s1. The largest absolute Gasteiger partial charge is 0.328 e. The fraction of sp³-hybridized carbons (Fsp3) is 0.429. The van der Waals surface area contributed by atoms with E-state index in [2.05, 4.69) is 0 Å². The monoisotopic (exact) mass is 186 g/mol. The van der Waals surface area contributed by atoms with Crippen LogP contribution in [0.1, 0.15) is 11.8 Å². The van der Waals surface area contributed by atoms with Gasteiger partial charge in [0.1, 0.15) is 0 Å². The number of nitrogens with zero attached hydrogens (tertiary/aromatic N) is 1. The van der Waals surface area contributed by atoms with Crippen molar-refractivity contribution in [2.24, 2.45) is 5.73 Å². The summed E-state index contributed by atoms with van der Waals surface area (Å²) in [6.07, 6.45) is 0.707. The van der Waals surface area contributed by atoms with E-state index < -0.39 is 0 Å². The highest BCUT2D eigenvalue weighted by molar-refractivity contribution is 7.15. The van der Waals surface area contributed by atoms with Crippen LogP contribution < -0.4 is 5.73 Å². The molecular formula is C7H10N2O2S. The average molecular weight is 186 g/mol. The SMILES string of the molecule is C[C@@H](N)Cc1ccc([N+](=O)[O-])s1. The molecule has 0 saturated heterocycles. The Morgan fingerprint density at radius 2 is 2.42 bits per heavy atom. The number of hydrogen-bond acceptors (Lipinski definition) is 4. The van der Waals surface area contributed by atoms with Gasteiger partial charge in [0.2, 0.25) is 0 Å². The summed E-state index contributed by atoms with van der Waals surface area (Å²) in [6.45, 7) is 1.88. The van der Waals surface area contributed by atoms with Gasteiger partial charge >= 0.3 is 5.00 Å². The maximum absolute atomic E-state index is 10.3. The molecule has 1 aromatic rings. The van der Waals surface area contributed by atoms with Crippen molar-refractivity contribution in [2.45, 2.75) is 19.4 Å². The van der Waals surface area contributed by atoms with Crippen LogP contribution in [0.4, 0.5) is 5.00 Å². The summed E-state index contributed by atoms with van der Waals surface area (Å²) >= 11 is 1.19. The fourth-order valence-electron chi connectivity index (χ4n) is 0.892. The molecule has 0 bridgehead atoms. The van der Waals surface area contributed by atoms with Crippen LogP contribution in [0.2, 0.25) is 0 Å². The molecule has 0 aliphatic rings. The highest BCUT2D eigenvalue weighted by atomic mass is 32.1. The number of hydrogen-bond donors (Lipinski definition) is 1. The number of thiophene rings is 1.